The fraction of sp³-hybridized carbons (Fsp3) is 0.538. The predicted molar refractivity (Wildman–Crippen MR) is 65.5 cm³/mol. The molecule has 0 aliphatic rings. The number of nitrogens with two attached hydrogens (primary N) is 1. The molecule has 0 saturated carbocycles. The molecule has 0 aromatic heterocycles. The molecule has 18 heavy (non-hydrogen) atoms. The lowest BCUT2D eigenvalue weighted by atomic mass is 10.2. The molecule has 1 rings (SSSR count). The number of alkyl halides is 3. The molecule has 1 aromatic carbocycles. The number of ether oxygens (including phenoxy) is 1. The quantitative estimate of drug-likeness (QED) is 0.613. The Hall–Kier alpha value is -1.39. The average molecular weight is 261 g/mol. The number of hydrogen-bond donors (Lipinski definition) is 1. The molecule has 1 aromatic rings. The zero-order chi connectivity index (χ0) is 13.6. The molecule has 0 bridgehead atoms. The third-order valence-electron chi connectivity index (χ3n) is 2.52. The van der Waals surface area contributed by atoms with Crippen LogP contribution in [0.3, 0.4) is 0 Å². The molecule has 0 radical (unpaired) electrons. The van der Waals surface area contributed by atoms with Gasteiger partial charge in [-0.25, -0.2) is 0 Å². The number of halogens is 3. The maximum atomic E-state index is 12.5. The zero-order valence-electron chi connectivity index (χ0n) is 10.4. The van der Waals surface area contributed by atoms with Gasteiger partial charge in [0.1, 0.15) is 5.75 Å². The number of unbranched alkanes of at least 4 members (excludes halogenated alkanes) is 3. The van der Waals surface area contributed by atoms with Crippen molar-refractivity contribution in [2.24, 2.45) is 0 Å². The van der Waals surface area contributed by atoms with Gasteiger partial charge in [-0.1, -0.05) is 26.2 Å². The summed E-state index contributed by atoms with van der Waals surface area (Å²) in [6.45, 7) is 2.51. The van der Waals surface area contributed by atoms with Gasteiger partial charge >= 0.3 is 6.18 Å². The van der Waals surface area contributed by atoms with E-state index in [9.17, 15) is 13.2 Å². The second-order valence-corrected chi connectivity index (χ2v) is 4.20. The number of benzene rings is 1. The summed E-state index contributed by atoms with van der Waals surface area (Å²) in [6.07, 6.45) is -0.324. The lowest BCUT2D eigenvalue weighted by molar-refractivity contribution is -0.137. The molecular formula is C13H18F3NO. The van der Waals surface area contributed by atoms with Gasteiger partial charge in [0.15, 0.2) is 0 Å². The summed E-state index contributed by atoms with van der Waals surface area (Å²) in [5, 5.41) is 0. The average Bonchev–Trinajstić information content (AvgIpc) is 2.27. The van der Waals surface area contributed by atoms with Crippen molar-refractivity contribution in [2.45, 2.75) is 38.8 Å². The van der Waals surface area contributed by atoms with Crippen molar-refractivity contribution in [2.75, 3.05) is 12.3 Å². The van der Waals surface area contributed by atoms with Crippen molar-refractivity contribution in [1.82, 2.24) is 0 Å². The second-order valence-electron chi connectivity index (χ2n) is 4.20. The Morgan fingerprint density at radius 2 is 1.83 bits per heavy atom. The number of rotatable bonds is 6. The normalized spacial score (nSPS) is 11.6. The summed E-state index contributed by atoms with van der Waals surface area (Å²) in [6, 6.07) is 3.30. The predicted octanol–water partition coefficient (Wildman–Crippen LogP) is 4.25. The molecule has 2 nitrogen and oxygen atoms in total. The summed E-state index contributed by atoms with van der Waals surface area (Å²) in [5.74, 6) is 0.179. The van der Waals surface area contributed by atoms with E-state index in [4.69, 9.17) is 10.5 Å². The van der Waals surface area contributed by atoms with Gasteiger partial charge in [-0.05, 0) is 18.6 Å². The minimum Gasteiger partial charge on any atom is -0.494 e. The number of hydrogen-bond acceptors (Lipinski definition) is 2. The number of anilines is 1. The van der Waals surface area contributed by atoms with Gasteiger partial charge < -0.3 is 10.5 Å². The van der Waals surface area contributed by atoms with Crippen molar-refractivity contribution in [3.63, 3.8) is 0 Å². The maximum absolute atomic E-state index is 12.5. The van der Waals surface area contributed by atoms with E-state index in [1.807, 2.05) is 0 Å². The van der Waals surface area contributed by atoms with E-state index in [0.717, 1.165) is 37.8 Å². The standard InChI is InChI=1S/C13H18F3NO/c1-2-3-4-5-6-18-12-8-10(13(14,15)16)7-11(17)9-12/h7-9H,2-6,17H2,1H3. The summed E-state index contributed by atoms with van der Waals surface area (Å²) in [5.41, 5.74) is 4.72. The Labute approximate surface area is 105 Å². The SMILES string of the molecule is CCCCCCOc1cc(N)cc(C(F)(F)F)c1. The second kappa shape index (κ2) is 6.52. The Morgan fingerprint density at radius 3 is 2.44 bits per heavy atom. The van der Waals surface area contributed by atoms with Crippen molar-refractivity contribution >= 4 is 5.69 Å². The Kier molecular flexibility index (Phi) is 5.31. The molecule has 0 atom stereocenters. The molecule has 0 fully saturated rings. The first kappa shape index (κ1) is 14.7. The van der Waals surface area contributed by atoms with E-state index < -0.39 is 11.7 Å². The van der Waals surface area contributed by atoms with Crippen LogP contribution in [0.5, 0.6) is 5.75 Å². The molecule has 0 saturated heterocycles. The van der Waals surface area contributed by atoms with Crippen LogP contribution in [-0.4, -0.2) is 6.61 Å². The van der Waals surface area contributed by atoms with Gasteiger partial charge in [0.05, 0.1) is 12.2 Å². The molecule has 0 amide bonds. The fourth-order valence-corrected chi connectivity index (χ4v) is 1.59. The third kappa shape index (κ3) is 4.85. The van der Waals surface area contributed by atoms with Crippen LogP contribution in [0, 0.1) is 0 Å². The van der Waals surface area contributed by atoms with Crippen LogP contribution in [0.15, 0.2) is 18.2 Å². The largest absolute Gasteiger partial charge is 0.494 e. The first-order chi connectivity index (χ1) is 8.43. The molecule has 102 valence electrons. The van der Waals surface area contributed by atoms with Crippen LogP contribution in [0.1, 0.15) is 38.2 Å². The van der Waals surface area contributed by atoms with Crippen LogP contribution in [-0.2, 0) is 6.18 Å². The van der Waals surface area contributed by atoms with Crippen LogP contribution in [0.4, 0.5) is 18.9 Å². The molecule has 0 aliphatic carbocycles. The van der Waals surface area contributed by atoms with Crippen LogP contribution >= 0.6 is 0 Å². The molecule has 0 aliphatic heterocycles. The molecule has 5 heteroatoms. The monoisotopic (exact) mass is 261 g/mol. The van der Waals surface area contributed by atoms with Gasteiger partial charge in [0.2, 0.25) is 0 Å². The fourth-order valence-electron chi connectivity index (χ4n) is 1.59. The third-order valence-corrected chi connectivity index (χ3v) is 2.52. The first-order valence-electron chi connectivity index (χ1n) is 6.04. The van der Waals surface area contributed by atoms with Gasteiger partial charge in [-0.3, -0.25) is 0 Å². The summed E-state index contributed by atoms with van der Waals surface area (Å²) < 4.78 is 42.9. The summed E-state index contributed by atoms with van der Waals surface area (Å²) in [4.78, 5) is 0. The molecule has 0 heterocycles. The first-order valence-corrected chi connectivity index (χ1v) is 6.04. The smallest absolute Gasteiger partial charge is 0.416 e. The molecule has 0 unspecified atom stereocenters. The van der Waals surface area contributed by atoms with Gasteiger partial charge in [-0.15, -0.1) is 0 Å². The van der Waals surface area contributed by atoms with Crippen molar-refractivity contribution in [3.05, 3.63) is 23.8 Å². The minimum atomic E-state index is -4.39. The van der Waals surface area contributed by atoms with E-state index in [0.29, 0.717) is 6.61 Å². The highest BCUT2D eigenvalue weighted by atomic mass is 19.4. The highest BCUT2D eigenvalue weighted by Gasteiger charge is 2.31. The van der Waals surface area contributed by atoms with Crippen molar-refractivity contribution in [1.29, 1.82) is 0 Å². The molecular weight excluding hydrogens is 243 g/mol. The van der Waals surface area contributed by atoms with Crippen LogP contribution < -0.4 is 10.5 Å². The van der Waals surface area contributed by atoms with Crippen molar-refractivity contribution in [3.8, 4) is 5.75 Å². The Morgan fingerprint density at radius 1 is 1.11 bits per heavy atom. The van der Waals surface area contributed by atoms with Crippen LogP contribution in [0.25, 0.3) is 0 Å². The van der Waals surface area contributed by atoms with E-state index in [2.05, 4.69) is 6.92 Å². The van der Waals surface area contributed by atoms with E-state index in [1.165, 1.54) is 6.07 Å². The zero-order valence-corrected chi connectivity index (χ0v) is 10.4. The van der Waals surface area contributed by atoms with E-state index >= 15 is 0 Å². The number of nitrogen functional groups attached to an aromatic ring is 1. The van der Waals surface area contributed by atoms with Gasteiger partial charge in [-0.2, -0.15) is 13.2 Å². The van der Waals surface area contributed by atoms with E-state index in [1.54, 1.807) is 0 Å². The minimum absolute atomic E-state index is 0.0633. The van der Waals surface area contributed by atoms with Gasteiger partial charge in [0.25, 0.3) is 0 Å². The topological polar surface area (TPSA) is 35.2 Å². The highest BCUT2D eigenvalue weighted by Crippen LogP contribution is 2.33. The summed E-state index contributed by atoms with van der Waals surface area (Å²) >= 11 is 0. The maximum Gasteiger partial charge on any atom is 0.416 e. The van der Waals surface area contributed by atoms with Gasteiger partial charge in [0, 0.05) is 11.8 Å². The lowest BCUT2D eigenvalue weighted by Gasteiger charge is -2.11. The van der Waals surface area contributed by atoms with E-state index in [-0.39, 0.29) is 11.4 Å². The highest BCUT2D eigenvalue weighted by molar-refractivity contribution is 5.48. The summed E-state index contributed by atoms with van der Waals surface area (Å²) in [7, 11) is 0. The van der Waals surface area contributed by atoms with Crippen LogP contribution in [0.2, 0.25) is 0 Å². The van der Waals surface area contributed by atoms with Crippen molar-refractivity contribution < 1.29 is 17.9 Å². The molecule has 2 N–H and O–H groups in total. The Balaban J connectivity index is 2.58. The Bertz CT molecular complexity index is 377. The molecule has 0 spiro atoms. The lowest BCUT2D eigenvalue weighted by Crippen LogP contribution is -2.07.